The van der Waals surface area contributed by atoms with Crippen molar-refractivity contribution in [3.8, 4) is 0 Å². The van der Waals surface area contributed by atoms with E-state index in [1.165, 1.54) is 30.2 Å². The van der Waals surface area contributed by atoms with Crippen molar-refractivity contribution >= 4 is 5.97 Å². The third-order valence-corrected chi connectivity index (χ3v) is 4.13. The van der Waals surface area contributed by atoms with Crippen molar-refractivity contribution in [2.75, 3.05) is 7.11 Å². The number of methoxy groups -OCH3 is 1. The molecule has 0 saturated carbocycles. The lowest BCUT2D eigenvalue weighted by molar-refractivity contribution is -0.139. The van der Waals surface area contributed by atoms with Crippen molar-refractivity contribution in [1.82, 2.24) is 0 Å². The normalized spacial score (nSPS) is 17.9. The van der Waals surface area contributed by atoms with E-state index in [9.17, 15) is 4.79 Å². The highest BCUT2D eigenvalue weighted by molar-refractivity contribution is 5.73. The molecule has 0 amide bonds. The molecule has 1 aromatic rings. The van der Waals surface area contributed by atoms with Gasteiger partial charge in [0.1, 0.15) is 0 Å². The van der Waals surface area contributed by atoms with Crippen LogP contribution in [0.2, 0.25) is 0 Å². The van der Waals surface area contributed by atoms with E-state index in [-0.39, 0.29) is 5.97 Å². The highest BCUT2D eigenvalue weighted by Gasteiger charge is 2.25. The Bertz CT molecular complexity index is 460. The average Bonchev–Trinajstić information content (AvgIpc) is 2.72. The van der Waals surface area contributed by atoms with E-state index in [0.29, 0.717) is 6.42 Å². The molecule has 18 heavy (non-hydrogen) atoms. The van der Waals surface area contributed by atoms with Gasteiger partial charge in [-0.15, -0.1) is 0 Å². The summed E-state index contributed by atoms with van der Waals surface area (Å²) in [7, 11) is 1.44. The van der Waals surface area contributed by atoms with Gasteiger partial charge in [-0.05, 0) is 53.9 Å². The Balaban J connectivity index is 2.23. The Morgan fingerprint density at radius 3 is 2.50 bits per heavy atom. The number of hydrogen-bond donors (Lipinski definition) is 0. The van der Waals surface area contributed by atoms with Gasteiger partial charge in [0.15, 0.2) is 0 Å². The van der Waals surface area contributed by atoms with Gasteiger partial charge in [-0.2, -0.15) is 0 Å². The molecule has 0 heterocycles. The SMILES string of the molecule is COC(=O)Cc1cc2c(cc1C)CC(C(C)C)C2. The van der Waals surface area contributed by atoms with E-state index < -0.39 is 0 Å². The molecule has 2 heteroatoms. The standard InChI is InChI=1S/C16H22O2/c1-10(2)12-6-14-5-11(3)13(8-15(14)7-12)9-16(17)18-4/h5,8,10,12H,6-7,9H2,1-4H3. The number of carbonyl (C=O) groups is 1. The number of rotatable bonds is 3. The smallest absolute Gasteiger partial charge is 0.309 e. The second-order valence-corrected chi connectivity index (χ2v) is 5.71. The second kappa shape index (κ2) is 5.13. The molecule has 2 rings (SSSR count). The summed E-state index contributed by atoms with van der Waals surface area (Å²) in [6, 6.07) is 4.47. The number of hydrogen-bond acceptors (Lipinski definition) is 2. The number of ether oxygens (including phenoxy) is 1. The Kier molecular flexibility index (Phi) is 3.74. The van der Waals surface area contributed by atoms with E-state index in [1.807, 2.05) is 0 Å². The molecular weight excluding hydrogens is 224 g/mol. The van der Waals surface area contributed by atoms with Crippen LogP contribution in [0.1, 0.15) is 36.1 Å². The van der Waals surface area contributed by atoms with Crippen LogP contribution in [-0.2, 0) is 28.8 Å². The third kappa shape index (κ3) is 2.58. The van der Waals surface area contributed by atoms with Crippen LogP contribution in [0.15, 0.2) is 12.1 Å². The predicted molar refractivity (Wildman–Crippen MR) is 72.6 cm³/mol. The largest absolute Gasteiger partial charge is 0.469 e. The van der Waals surface area contributed by atoms with Gasteiger partial charge in [0.05, 0.1) is 13.5 Å². The first-order chi connectivity index (χ1) is 8.51. The molecule has 0 N–H and O–H groups in total. The van der Waals surface area contributed by atoms with Crippen LogP contribution in [-0.4, -0.2) is 13.1 Å². The molecule has 0 spiro atoms. The fourth-order valence-electron chi connectivity index (χ4n) is 2.77. The molecule has 1 unspecified atom stereocenters. The molecular formula is C16H22O2. The van der Waals surface area contributed by atoms with Gasteiger partial charge in [0, 0.05) is 0 Å². The minimum atomic E-state index is -0.156. The zero-order chi connectivity index (χ0) is 13.3. The van der Waals surface area contributed by atoms with Crippen molar-refractivity contribution in [3.63, 3.8) is 0 Å². The van der Waals surface area contributed by atoms with Crippen molar-refractivity contribution in [3.05, 3.63) is 34.4 Å². The highest BCUT2D eigenvalue weighted by atomic mass is 16.5. The molecule has 0 aliphatic heterocycles. The van der Waals surface area contributed by atoms with Crippen LogP contribution in [0, 0.1) is 18.8 Å². The monoisotopic (exact) mass is 246 g/mol. The zero-order valence-electron chi connectivity index (χ0n) is 11.7. The van der Waals surface area contributed by atoms with Gasteiger partial charge in [0.25, 0.3) is 0 Å². The Hall–Kier alpha value is -1.31. The topological polar surface area (TPSA) is 26.3 Å². The Labute approximate surface area is 109 Å². The summed E-state index contributed by atoms with van der Waals surface area (Å²) in [6.07, 6.45) is 2.73. The third-order valence-electron chi connectivity index (χ3n) is 4.13. The molecule has 1 aliphatic carbocycles. The number of esters is 1. The van der Waals surface area contributed by atoms with Gasteiger partial charge in [-0.3, -0.25) is 4.79 Å². The molecule has 2 nitrogen and oxygen atoms in total. The summed E-state index contributed by atoms with van der Waals surface area (Å²) in [5.74, 6) is 1.32. The van der Waals surface area contributed by atoms with Crippen molar-refractivity contribution in [2.45, 2.75) is 40.0 Å². The van der Waals surface area contributed by atoms with E-state index in [1.54, 1.807) is 0 Å². The molecule has 1 aromatic carbocycles. The number of benzene rings is 1. The summed E-state index contributed by atoms with van der Waals surface area (Å²) in [6.45, 7) is 6.67. The van der Waals surface area contributed by atoms with Crippen LogP contribution in [0.25, 0.3) is 0 Å². The minimum Gasteiger partial charge on any atom is -0.469 e. The summed E-state index contributed by atoms with van der Waals surface area (Å²) in [5, 5.41) is 0. The highest BCUT2D eigenvalue weighted by Crippen LogP contribution is 2.33. The summed E-state index contributed by atoms with van der Waals surface area (Å²) in [4.78, 5) is 11.4. The zero-order valence-corrected chi connectivity index (χ0v) is 11.7. The van der Waals surface area contributed by atoms with Gasteiger partial charge >= 0.3 is 5.97 Å². The molecule has 1 atom stereocenters. The maximum atomic E-state index is 11.4. The number of fused-ring (bicyclic) bond motifs is 1. The molecule has 0 saturated heterocycles. The first kappa shape index (κ1) is 13.1. The number of carbonyl (C=O) groups excluding carboxylic acids is 1. The van der Waals surface area contributed by atoms with E-state index in [4.69, 9.17) is 4.74 Å². The second-order valence-electron chi connectivity index (χ2n) is 5.71. The lowest BCUT2D eigenvalue weighted by atomic mass is 9.93. The van der Waals surface area contributed by atoms with E-state index in [2.05, 4.69) is 32.9 Å². The van der Waals surface area contributed by atoms with Gasteiger partial charge in [0.2, 0.25) is 0 Å². The molecule has 98 valence electrons. The quantitative estimate of drug-likeness (QED) is 0.766. The lowest BCUT2D eigenvalue weighted by Gasteiger charge is -2.12. The fraction of sp³-hybridized carbons (Fsp3) is 0.562. The van der Waals surface area contributed by atoms with Crippen molar-refractivity contribution < 1.29 is 9.53 Å². The molecule has 0 fully saturated rings. The predicted octanol–water partition coefficient (Wildman–Crippen LogP) is 3.08. The van der Waals surface area contributed by atoms with Gasteiger partial charge in [-0.25, -0.2) is 0 Å². The Morgan fingerprint density at radius 1 is 1.33 bits per heavy atom. The maximum Gasteiger partial charge on any atom is 0.309 e. The maximum absolute atomic E-state index is 11.4. The summed E-state index contributed by atoms with van der Waals surface area (Å²) < 4.78 is 4.75. The van der Waals surface area contributed by atoms with Crippen LogP contribution in [0.4, 0.5) is 0 Å². The molecule has 0 bridgehead atoms. The molecule has 1 aliphatic rings. The lowest BCUT2D eigenvalue weighted by Crippen LogP contribution is -2.07. The van der Waals surface area contributed by atoms with Crippen molar-refractivity contribution in [1.29, 1.82) is 0 Å². The minimum absolute atomic E-state index is 0.156. The average molecular weight is 246 g/mol. The van der Waals surface area contributed by atoms with E-state index in [0.717, 1.165) is 23.8 Å². The molecule has 0 radical (unpaired) electrons. The van der Waals surface area contributed by atoms with E-state index >= 15 is 0 Å². The van der Waals surface area contributed by atoms with Crippen molar-refractivity contribution in [2.24, 2.45) is 11.8 Å². The van der Waals surface area contributed by atoms with Gasteiger partial charge < -0.3 is 4.74 Å². The first-order valence-electron chi connectivity index (χ1n) is 6.69. The van der Waals surface area contributed by atoms with Crippen LogP contribution >= 0.6 is 0 Å². The fourth-order valence-corrected chi connectivity index (χ4v) is 2.77. The Morgan fingerprint density at radius 2 is 1.94 bits per heavy atom. The molecule has 0 aromatic heterocycles. The van der Waals surface area contributed by atoms with Gasteiger partial charge in [-0.1, -0.05) is 26.0 Å². The summed E-state index contributed by atoms with van der Waals surface area (Å²) >= 11 is 0. The van der Waals surface area contributed by atoms with Crippen LogP contribution in [0.5, 0.6) is 0 Å². The first-order valence-corrected chi connectivity index (χ1v) is 6.69. The van der Waals surface area contributed by atoms with Crippen LogP contribution < -0.4 is 0 Å². The number of aryl methyl sites for hydroxylation is 1. The summed E-state index contributed by atoms with van der Waals surface area (Å²) in [5.41, 5.74) is 5.23. The van der Waals surface area contributed by atoms with Crippen LogP contribution in [0.3, 0.4) is 0 Å².